The van der Waals surface area contributed by atoms with Crippen molar-refractivity contribution in [3.63, 3.8) is 0 Å². The third-order valence-corrected chi connectivity index (χ3v) is 4.01. The van der Waals surface area contributed by atoms with Crippen LogP contribution < -0.4 is 4.74 Å². The highest BCUT2D eigenvalue weighted by Crippen LogP contribution is 2.32. The predicted octanol–water partition coefficient (Wildman–Crippen LogP) is 3.74. The number of nitrogens with zero attached hydrogens (tertiary/aromatic N) is 1. The number of carbonyl (C=O) groups excluding carboxylic acids is 1. The molecule has 0 saturated carbocycles. The first-order valence-corrected chi connectivity index (χ1v) is 8.16. The zero-order valence-electron chi connectivity index (χ0n) is 14.6. The van der Waals surface area contributed by atoms with Crippen molar-refractivity contribution >= 4 is 11.9 Å². The van der Waals surface area contributed by atoms with E-state index in [0.717, 1.165) is 12.1 Å². The molecular weight excluding hydrogens is 382 g/mol. The number of aliphatic imine (C=N–C) groups is 1. The van der Waals surface area contributed by atoms with Crippen molar-refractivity contribution in [3.05, 3.63) is 65.0 Å². The average Bonchev–Trinajstić information content (AvgIpc) is 3.16. The molecule has 2 aromatic rings. The maximum Gasteiger partial charge on any atom is 0.416 e. The van der Waals surface area contributed by atoms with Gasteiger partial charge in [0.05, 0.1) is 12.7 Å². The Morgan fingerprint density at radius 1 is 1.25 bits per heavy atom. The fraction of sp³-hybridized carbons (Fsp3) is 0.263. The molecule has 2 aromatic carbocycles. The van der Waals surface area contributed by atoms with Crippen LogP contribution in [0.15, 0.2) is 47.5 Å². The number of ether oxygens (including phenoxy) is 3. The van der Waals surface area contributed by atoms with Gasteiger partial charge in [-0.1, -0.05) is 18.2 Å². The summed E-state index contributed by atoms with van der Waals surface area (Å²) >= 11 is 0. The van der Waals surface area contributed by atoms with Crippen molar-refractivity contribution in [1.29, 1.82) is 0 Å². The smallest absolute Gasteiger partial charge is 0.416 e. The number of hydrogen-bond donors (Lipinski definition) is 0. The molecule has 3 rings (SSSR count). The van der Waals surface area contributed by atoms with Gasteiger partial charge >= 0.3 is 12.1 Å². The van der Waals surface area contributed by atoms with Crippen LogP contribution in [0.2, 0.25) is 0 Å². The zero-order chi connectivity index (χ0) is 20.3. The third-order valence-electron chi connectivity index (χ3n) is 4.01. The maximum absolute atomic E-state index is 14.3. The second kappa shape index (κ2) is 7.87. The Morgan fingerprint density at radius 3 is 2.68 bits per heavy atom. The van der Waals surface area contributed by atoms with Crippen molar-refractivity contribution in [3.8, 4) is 5.75 Å². The van der Waals surface area contributed by atoms with Crippen LogP contribution >= 0.6 is 0 Å². The SMILES string of the molecule is COC(=O)C1COC(c2ccc(OCc3ccccc3C(F)(F)F)c(F)c2)=N1. The van der Waals surface area contributed by atoms with Gasteiger partial charge < -0.3 is 14.2 Å². The minimum absolute atomic E-state index is 0.0178. The van der Waals surface area contributed by atoms with Crippen molar-refractivity contribution in [2.24, 2.45) is 4.99 Å². The van der Waals surface area contributed by atoms with E-state index in [0.29, 0.717) is 0 Å². The number of hydrogen-bond acceptors (Lipinski definition) is 5. The number of halogens is 4. The van der Waals surface area contributed by atoms with E-state index in [2.05, 4.69) is 9.73 Å². The summed E-state index contributed by atoms with van der Waals surface area (Å²) in [5, 5.41) is 0. The van der Waals surface area contributed by atoms with E-state index in [1.165, 1.54) is 37.4 Å². The molecule has 0 N–H and O–H groups in total. The van der Waals surface area contributed by atoms with Crippen LogP contribution in [0.5, 0.6) is 5.75 Å². The second-order valence-corrected chi connectivity index (χ2v) is 5.87. The maximum atomic E-state index is 14.3. The number of esters is 1. The number of methoxy groups -OCH3 is 1. The van der Waals surface area contributed by atoms with E-state index in [-0.39, 0.29) is 29.4 Å². The van der Waals surface area contributed by atoms with E-state index in [4.69, 9.17) is 9.47 Å². The third kappa shape index (κ3) is 4.24. The topological polar surface area (TPSA) is 57.1 Å². The first kappa shape index (κ1) is 19.7. The van der Waals surface area contributed by atoms with Crippen LogP contribution in [-0.4, -0.2) is 31.6 Å². The quantitative estimate of drug-likeness (QED) is 0.570. The van der Waals surface area contributed by atoms with E-state index in [1.54, 1.807) is 0 Å². The standard InChI is InChI=1S/C19H15F4NO4/c1-26-18(25)15-10-28-17(24-15)11-6-7-16(14(20)8-11)27-9-12-4-2-3-5-13(12)19(21,22)23/h2-8,15H,9-10H2,1H3. The first-order valence-electron chi connectivity index (χ1n) is 8.16. The highest BCUT2D eigenvalue weighted by Gasteiger charge is 2.33. The zero-order valence-corrected chi connectivity index (χ0v) is 14.6. The summed E-state index contributed by atoms with van der Waals surface area (Å²) in [5.41, 5.74) is -0.676. The van der Waals surface area contributed by atoms with Crippen LogP contribution in [0.25, 0.3) is 0 Å². The summed E-state index contributed by atoms with van der Waals surface area (Å²) in [6.45, 7) is -0.468. The molecule has 1 atom stereocenters. The van der Waals surface area contributed by atoms with Crippen molar-refractivity contribution < 1.29 is 36.6 Å². The van der Waals surface area contributed by atoms with Gasteiger partial charge in [-0.2, -0.15) is 13.2 Å². The number of benzene rings is 2. The minimum atomic E-state index is -4.53. The van der Waals surface area contributed by atoms with Gasteiger partial charge in [-0.3, -0.25) is 0 Å². The molecule has 0 fully saturated rings. The van der Waals surface area contributed by atoms with Crippen molar-refractivity contribution in [1.82, 2.24) is 0 Å². The molecule has 0 radical (unpaired) electrons. The van der Waals surface area contributed by atoms with Gasteiger partial charge in [0.25, 0.3) is 0 Å². The Balaban J connectivity index is 1.74. The molecule has 5 nitrogen and oxygen atoms in total. The Bertz CT molecular complexity index is 911. The molecule has 0 amide bonds. The van der Waals surface area contributed by atoms with Gasteiger partial charge in [-0.15, -0.1) is 0 Å². The summed E-state index contributed by atoms with van der Waals surface area (Å²) in [6.07, 6.45) is -4.53. The summed E-state index contributed by atoms with van der Waals surface area (Å²) in [6, 6.07) is 7.87. The largest absolute Gasteiger partial charge is 0.486 e. The van der Waals surface area contributed by atoms with Crippen molar-refractivity contribution in [2.45, 2.75) is 18.8 Å². The lowest BCUT2D eigenvalue weighted by Gasteiger charge is -2.14. The molecule has 0 spiro atoms. The normalized spacial score (nSPS) is 16.3. The van der Waals surface area contributed by atoms with Gasteiger partial charge in [0.2, 0.25) is 5.90 Å². The number of carbonyl (C=O) groups is 1. The van der Waals surface area contributed by atoms with E-state index >= 15 is 0 Å². The van der Waals surface area contributed by atoms with Crippen LogP contribution in [-0.2, 0) is 27.1 Å². The fourth-order valence-electron chi connectivity index (χ4n) is 2.62. The molecule has 0 saturated heterocycles. The van der Waals surface area contributed by atoms with E-state index in [1.807, 2.05) is 0 Å². The minimum Gasteiger partial charge on any atom is -0.486 e. The lowest BCUT2D eigenvalue weighted by Crippen LogP contribution is -2.21. The highest BCUT2D eigenvalue weighted by atomic mass is 19.4. The second-order valence-electron chi connectivity index (χ2n) is 5.87. The van der Waals surface area contributed by atoms with Gasteiger partial charge in [-0.25, -0.2) is 14.2 Å². The highest BCUT2D eigenvalue weighted by molar-refractivity contribution is 5.97. The van der Waals surface area contributed by atoms with Crippen LogP contribution in [0.4, 0.5) is 17.6 Å². The molecule has 1 unspecified atom stereocenters. The van der Waals surface area contributed by atoms with Gasteiger partial charge in [0, 0.05) is 11.1 Å². The number of rotatable bonds is 5. The van der Waals surface area contributed by atoms with E-state index < -0.39 is 36.2 Å². The molecule has 1 aliphatic rings. The molecule has 0 aromatic heterocycles. The van der Waals surface area contributed by atoms with E-state index in [9.17, 15) is 22.4 Å². The molecule has 0 bridgehead atoms. The molecule has 1 aliphatic heterocycles. The van der Waals surface area contributed by atoms with Gasteiger partial charge in [0.15, 0.2) is 17.6 Å². The summed E-state index contributed by atoms with van der Waals surface area (Å²) in [5.74, 6) is -1.51. The monoisotopic (exact) mass is 397 g/mol. The van der Waals surface area contributed by atoms with Crippen LogP contribution in [0.3, 0.4) is 0 Å². The number of alkyl halides is 3. The Hall–Kier alpha value is -3.10. The molecule has 28 heavy (non-hydrogen) atoms. The Morgan fingerprint density at radius 2 is 2.00 bits per heavy atom. The summed E-state index contributed by atoms with van der Waals surface area (Å²) in [4.78, 5) is 15.5. The lowest BCUT2D eigenvalue weighted by molar-refractivity contribution is -0.142. The van der Waals surface area contributed by atoms with Gasteiger partial charge in [-0.05, 0) is 24.3 Å². The molecule has 9 heteroatoms. The average molecular weight is 397 g/mol. The van der Waals surface area contributed by atoms with Crippen LogP contribution in [0, 0.1) is 5.82 Å². The summed E-state index contributed by atoms with van der Waals surface area (Å²) < 4.78 is 68.4. The first-order chi connectivity index (χ1) is 13.3. The Labute approximate surface area is 157 Å². The Kier molecular flexibility index (Phi) is 5.53. The molecule has 148 valence electrons. The molecule has 0 aliphatic carbocycles. The van der Waals surface area contributed by atoms with Crippen molar-refractivity contribution in [2.75, 3.05) is 13.7 Å². The lowest BCUT2D eigenvalue weighted by atomic mass is 10.1. The fourth-order valence-corrected chi connectivity index (χ4v) is 2.62. The molecular formula is C19H15F4NO4. The van der Waals surface area contributed by atoms with Gasteiger partial charge in [0.1, 0.15) is 13.2 Å². The molecule has 1 heterocycles. The van der Waals surface area contributed by atoms with Crippen LogP contribution in [0.1, 0.15) is 16.7 Å². The predicted molar refractivity (Wildman–Crippen MR) is 90.5 cm³/mol. The summed E-state index contributed by atoms with van der Waals surface area (Å²) in [7, 11) is 1.22.